The first-order valence-electron chi connectivity index (χ1n) is 10.8. The van der Waals surface area contributed by atoms with Gasteiger partial charge in [0, 0.05) is 18.6 Å². The lowest BCUT2D eigenvalue weighted by Crippen LogP contribution is -2.03. The number of rotatable bonds is 10. The first-order chi connectivity index (χ1) is 16.2. The van der Waals surface area contributed by atoms with Gasteiger partial charge in [0.15, 0.2) is 0 Å². The molecule has 0 fully saturated rings. The molecule has 0 radical (unpaired) electrons. The zero-order valence-electron chi connectivity index (χ0n) is 19.2. The van der Waals surface area contributed by atoms with Gasteiger partial charge in [0.1, 0.15) is 29.7 Å². The standard InChI is InChI=1S/C25H26F3NO4S/c1-4-5-10-31-21-11-18(14-32-17(3)30)12-22(13-21)33-15-23-16(2)29-24(34-23)19-6-8-20(9-7-19)25(26,27)28/h6-9,11-13H,4-5,10,14-15H2,1-3H3. The quantitative estimate of drug-likeness (QED) is 0.226. The number of aromatic nitrogens is 1. The van der Waals surface area contributed by atoms with Gasteiger partial charge < -0.3 is 14.2 Å². The second-order valence-corrected chi connectivity index (χ2v) is 8.77. The van der Waals surface area contributed by atoms with Crippen LogP contribution in [-0.4, -0.2) is 17.6 Å². The molecule has 0 bridgehead atoms. The first kappa shape index (κ1) is 25.6. The van der Waals surface area contributed by atoms with Crippen LogP contribution in [0.1, 0.15) is 48.4 Å². The van der Waals surface area contributed by atoms with Crippen molar-refractivity contribution in [2.24, 2.45) is 0 Å². The Kier molecular flexibility index (Phi) is 8.55. The van der Waals surface area contributed by atoms with Crippen LogP contribution in [0.2, 0.25) is 0 Å². The fraction of sp³-hybridized carbons (Fsp3) is 0.360. The van der Waals surface area contributed by atoms with Crippen molar-refractivity contribution < 1.29 is 32.2 Å². The normalized spacial score (nSPS) is 11.4. The fourth-order valence-corrected chi connectivity index (χ4v) is 4.02. The van der Waals surface area contributed by atoms with Crippen LogP contribution in [-0.2, 0) is 28.9 Å². The Morgan fingerprint density at radius 3 is 2.32 bits per heavy atom. The van der Waals surface area contributed by atoms with Crippen molar-refractivity contribution in [1.29, 1.82) is 0 Å². The number of carbonyl (C=O) groups excluding carboxylic acids is 1. The Morgan fingerprint density at radius 2 is 1.71 bits per heavy atom. The van der Waals surface area contributed by atoms with Crippen molar-refractivity contribution in [2.45, 2.75) is 53.0 Å². The lowest BCUT2D eigenvalue weighted by Gasteiger charge is -2.12. The zero-order valence-corrected chi connectivity index (χ0v) is 20.0. The van der Waals surface area contributed by atoms with Crippen LogP contribution in [0.5, 0.6) is 11.5 Å². The van der Waals surface area contributed by atoms with Crippen molar-refractivity contribution in [3.8, 4) is 22.1 Å². The number of unbranched alkanes of at least 4 members (excludes halogenated alkanes) is 1. The van der Waals surface area contributed by atoms with E-state index in [9.17, 15) is 18.0 Å². The molecule has 9 heteroatoms. The van der Waals surface area contributed by atoms with Gasteiger partial charge in [-0.25, -0.2) is 4.98 Å². The van der Waals surface area contributed by atoms with Crippen molar-refractivity contribution >= 4 is 17.3 Å². The number of carbonyl (C=O) groups is 1. The molecule has 3 rings (SSSR count). The summed E-state index contributed by atoms with van der Waals surface area (Å²) >= 11 is 1.37. The molecule has 34 heavy (non-hydrogen) atoms. The number of aryl methyl sites for hydroxylation is 1. The number of hydrogen-bond donors (Lipinski definition) is 0. The highest BCUT2D eigenvalue weighted by Gasteiger charge is 2.30. The van der Waals surface area contributed by atoms with Crippen LogP contribution >= 0.6 is 11.3 Å². The third-order valence-electron chi connectivity index (χ3n) is 4.87. The van der Waals surface area contributed by atoms with E-state index in [0.29, 0.717) is 28.7 Å². The summed E-state index contributed by atoms with van der Waals surface area (Å²) in [6, 6.07) is 10.3. The Hall–Kier alpha value is -3.07. The van der Waals surface area contributed by atoms with E-state index in [1.807, 2.05) is 13.0 Å². The van der Waals surface area contributed by atoms with E-state index in [2.05, 4.69) is 11.9 Å². The molecule has 2 aromatic carbocycles. The molecular formula is C25H26F3NO4S. The van der Waals surface area contributed by atoms with Gasteiger partial charge in [-0.1, -0.05) is 25.5 Å². The highest BCUT2D eigenvalue weighted by molar-refractivity contribution is 7.15. The number of alkyl halides is 3. The third-order valence-corrected chi connectivity index (χ3v) is 6.05. The SMILES string of the molecule is CCCCOc1cc(COC(C)=O)cc(OCc2sc(-c3ccc(C(F)(F)F)cc3)nc2C)c1. The number of thiazole rings is 1. The van der Waals surface area contributed by atoms with Crippen LogP contribution in [0.4, 0.5) is 13.2 Å². The third kappa shape index (κ3) is 7.21. The van der Waals surface area contributed by atoms with Crippen LogP contribution < -0.4 is 9.47 Å². The molecule has 0 saturated carbocycles. The molecule has 0 atom stereocenters. The maximum Gasteiger partial charge on any atom is 0.416 e. The highest BCUT2D eigenvalue weighted by Crippen LogP contribution is 2.33. The van der Waals surface area contributed by atoms with Gasteiger partial charge in [-0.15, -0.1) is 11.3 Å². The predicted octanol–water partition coefficient (Wildman–Crippen LogP) is 6.96. The number of hydrogen-bond acceptors (Lipinski definition) is 6. The van der Waals surface area contributed by atoms with Crippen LogP contribution in [0.3, 0.4) is 0 Å². The van der Waals surface area contributed by atoms with Crippen LogP contribution in [0.25, 0.3) is 10.6 Å². The van der Waals surface area contributed by atoms with Gasteiger partial charge >= 0.3 is 12.1 Å². The second kappa shape index (κ2) is 11.4. The fourth-order valence-electron chi connectivity index (χ4n) is 3.04. The molecule has 3 aromatic rings. The van der Waals surface area contributed by atoms with Gasteiger partial charge in [-0.3, -0.25) is 4.79 Å². The van der Waals surface area contributed by atoms with E-state index in [-0.39, 0.29) is 19.2 Å². The summed E-state index contributed by atoms with van der Waals surface area (Å²) in [4.78, 5) is 16.5. The molecule has 182 valence electrons. The topological polar surface area (TPSA) is 57.7 Å². The lowest BCUT2D eigenvalue weighted by atomic mass is 10.1. The van der Waals surface area contributed by atoms with E-state index in [0.717, 1.165) is 41.1 Å². The molecule has 0 N–H and O–H groups in total. The zero-order chi connectivity index (χ0) is 24.7. The average Bonchev–Trinajstić information content (AvgIpc) is 3.16. The smallest absolute Gasteiger partial charge is 0.416 e. The van der Waals surface area contributed by atoms with Crippen LogP contribution in [0, 0.1) is 6.92 Å². The molecule has 0 spiro atoms. The van der Waals surface area contributed by atoms with Crippen molar-refractivity contribution in [3.63, 3.8) is 0 Å². The van der Waals surface area contributed by atoms with Crippen molar-refractivity contribution in [1.82, 2.24) is 4.98 Å². The summed E-state index contributed by atoms with van der Waals surface area (Å²) in [6.45, 7) is 6.16. The van der Waals surface area contributed by atoms with Crippen molar-refractivity contribution in [2.75, 3.05) is 6.61 Å². The first-order valence-corrected chi connectivity index (χ1v) is 11.6. The maximum atomic E-state index is 12.8. The van der Waals surface area contributed by atoms with Gasteiger partial charge in [0.25, 0.3) is 0 Å². The molecule has 5 nitrogen and oxygen atoms in total. The van der Waals surface area contributed by atoms with Gasteiger partial charge in [0.2, 0.25) is 0 Å². The summed E-state index contributed by atoms with van der Waals surface area (Å²) in [5.74, 6) is 0.801. The average molecular weight is 494 g/mol. The molecule has 0 aliphatic heterocycles. The number of halogens is 3. The van der Waals surface area contributed by atoms with Gasteiger partial charge in [0.05, 0.1) is 22.7 Å². The predicted molar refractivity (Wildman–Crippen MR) is 124 cm³/mol. The number of nitrogens with zero attached hydrogens (tertiary/aromatic N) is 1. The number of benzene rings is 2. The number of ether oxygens (including phenoxy) is 3. The minimum atomic E-state index is -4.38. The van der Waals surface area contributed by atoms with Gasteiger partial charge in [-0.2, -0.15) is 13.2 Å². The number of esters is 1. The molecule has 1 heterocycles. The molecule has 1 aromatic heterocycles. The molecule has 0 saturated heterocycles. The molecule has 0 unspecified atom stereocenters. The molecule has 0 aliphatic carbocycles. The second-order valence-electron chi connectivity index (χ2n) is 7.69. The summed E-state index contributed by atoms with van der Waals surface area (Å²) in [5.41, 5.74) is 1.40. The Labute approximate surface area is 200 Å². The van der Waals surface area contributed by atoms with E-state index in [1.54, 1.807) is 12.1 Å². The lowest BCUT2D eigenvalue weighted by molar-refractivity contribution is -0.142. The summed E-state index contributed by atoms with van der Waals surface area (Å²) in [6.07, 6.45) is -2.46. The summed E-state index contributed by atoms with van der Waals surface area (Å²) in [5, 5.41) is 0.622. The monoisotopic (exact) mass is 493 g/mol. The largest absolute Gasteiger partial charge is 0.493 e. The van der Waals surface area contributed by atoms with Gasteiger partial charge in [-0.05, 0) is 43.2 Å². The van der Waals surface area contributed by atoms with E-state index in [1.165, 1.54) is 30.4 Å². The Bertz CT molecular complexity index is 1110. The molecule has 0 amide bonds. The van der Waals surface area contributed by atoms with E-state index < -0.39 is 11.7 Å². The highest BCUT2D eigenvalue weighted by atomic mass is 32.1. The van der Waals surface area contributed by atoms with E-state index >= 15 is 0 Å². The minimum absolute atomic E-state index is 0.105. The van der Waals surface area contributed by atoms with E-state index in [4.69, 9.17) is 14.2 Å². The molecule has 0 aliphatic rings. The Balaban J connectivity index is 1.73. The Morgan fingerprint density at radius 1 is 1.03 bits per heavy atom. The molecular weight excluding hydrogens is 467 g/mol. The summed E-state index contributed by atoms with van der Waals surface area (Å²) < 4.78 is 55.3. The minimum Gasteiger partial charge on any atom is -0.493 e. The van der Waals surface area contributed by atoms with Crippen molar-refractivity contribution in [3.05, 3.63) is 64.2 Å². The maximum absolute atomic E-state index is 12.8. The summed E-state index contributed by atoms with van der Waals surface area (Å²) in [7, 11) is 0. The van der Waals surface area contributed by atoms with Crippen LogP contribution in [0.15, 0.2) is 42.5 Å².